The third-order valence-corrected chi connectivity index (χ3v) is 5.90. The number of carbonyl (C=O) groups excluding carboxylic acids is 2. The summed E-state index contributed by atoms with van der Waals surface area (Å²) in [7, 11) is 0. The van der Waals surface area contributed by atoms with Gasteiger partial charge in [-0.05, 0) is 43.5 Å². The van der Waals surface area contributed by atoms with E-state index in [1.54, 1.807) is 6.92 Å². The van der Waals surface area contributed by atoms with Crippen molar-refractivity contribution >= 4 is 17.7 Å². The molecule has 1 heterocycles. The molecule has 190 valence electrons. The second kappa shape index (κ2) is 12.1. The Labute approximate surface area is 196 Å². The Morgan fingerprint density at radius 1 is 1.12 bits per heavy atom. The number of rotatable bonds is 10. The minimum absolute atomic E-state index is 0.297. The van der Waals surface area contributed by atoms with E-state index in [4.69, 9.17) is 9.47 Å². The van der Waals surface area contributed by atoms with Crippen molar-refractivity contribution in [2.75, 3.05) is 25.1 Å². The average molecular weight is 488 g/mol. The maximum atomic E-state index is 12.9. The number of amides is 2. The number of hydrogen-bond acceptors (Lipinski definition) is 6. The number of nitrogens with one attached hydrogen (secondary N) is 3. The maximum absolute atomic E-state index is 12.9. The van der Waals surface area contributed by atoms with Crippen LogP contribution in [0.15, 0.2) is 24.3 Å². The van der Waals surface area contributed by atoms with Gasteiger partial charge in [0, 0.05) is 24.7 Å². The molecule has 1 aliphatic heterocycles. The minimum atomic E-state index is -4.74. The standard InChI is InChI=1S/C23H32F3N3O5/c1-15(13-27-17-6-8-18(9-7-17)34-23(24,25)26)28-21(30)20(12-16-4-2-3-5-16)29-22(31)33-19-10-11-32-14-19/h6-9,15-16,19-20,27H,2-5,10-14H2,1H3,(H,28,30)(H,29,31)/t15?,19-,20+/m1/s1. The first-order chi connectivity index (χ1) is 16.2. The molecule has 34 heavy (non-hydrogen) atoms. The molecular weight excluding hydrogens is 455 g/mol. The summed E-state index contributed by atoms with van der Waals surface area (Å²) in [5.74, 6) is -0.234. The number of ether oxygens (including phenoxy) is 3. The summed E-state index contributed by atoms with van der Waals surface area (Å²) in [4.78, 5) is 25.3. The van der Waals surface area contributed by atoms with Gasteiger partial charge in [-0.2, -0.15) is 0 Å². The van der Waals surface area contributed by atoms with E-state index in [-0.39, 0.29) is 23.8 Å². The molecule has 1 saturated carbocycles. The van der Waals surface area contributed by atoms with Gasteiger partial charge in [-0.1, -0.05) is 25.7 Å². The summed E-state index contributed by atoms with van der Waals surface area (Å²) in [5.41, 5.74) is 0.582. The van der Waals surface area contributed by atoms with Crippen LogP contribution in [0.25, 0.3) is 0 Å². The van der Waals surface area contributed by atoms with Crippen LogP contribution in [0, 0.1) is 5.92 Å². The molecule has 2 aliphatic rings. The van der Waals surface area contributed by atoms with E-state index in [9.17, 15) is 22.8 Å². The molecule has 11 heteroatoms. The second-order valence-electron chi connectivity index (χ2n) is 8.84. The molecule has 1 aromatic rings. The minimum Gasteiger partial charge on any atom is -0.444 e. The Hall–Kier alpha value is -2.69. The number of alkyl carbamates (subject to hydrolysis) is 1. The van der Waals surface area contributed by atoms with E-state index in [0.29, 0.717) is 44.2 Å². The molecule has 3 N–H and O–H groups in total. The molecule has 0 spiro atoms. The Balaban J connectivity index is 1.48. The maximum Gasteiger partial charge on any atom is 0.573 e. The van der Waals surface area contributed by atoms with Crippen molar-refractivity contribution in [1.82, 2.24) is 10.6 Å². The molecule has 1 aromatic carbocycles. The van der Waals surface area contributed by atoms with Crippen molar-refractivity contribution in [3.63, 3.8) is 0 Å². The Morgan fingerprint density at radius 2 is 1.82 bits per heavy atom. The monoisotopic (exact) mass is 487 g/mol. The number of anilines is 1. The first-order valence-electron chi connectivity index (χ1n) is 11.6. The van der Waals surface area contributed by atoms with Gasteiger partial charge >= 0.3 is 12.5 Å². The van der Waals surface area contributed by atoms with Crippen LogP contribution < -0.4 is 20.7 Å². The van der Waals surface area contributed by atoms with E-state index in [1.807, 2.05) is 0 Å². The van der Waals surface area contributed by atoms with E-state index in [0.717, 1.165) is 25.7 Å². The first kappa shape index (κ1) is 25.9. The van der Waals surface area contributed by atoms with Gasteiger partial charge in [-0.15, -0.1) is 13.2 Å². The number of carbonyl (C=O) groups is 2. The summed E-state index contributed by atoms with van der Waals surface area (Å²) in [6.07, 6.45) is -0.182. The van der Waals surface area contributed by atoms with Crippen LogP contribution in [-0.4, -0.2) is 56.3 Å². The fourth-order valence-corrected chi connectivity index (χ4v) is 4.18. The summed E-state index contributed by atoms with van der Waals surface area (Å²) >= 11 is 0. The largest absolute Gasteiger partial charge is 0.573 e. The summed E-state index contributed by atoms with van der Waals surface area (Å²) in [5, 5.41) is 8.68. The molecule has 2 fully saturated rings. The fourth-order valence-electron chi connectivity index (χ4n) is 4.18. The van der Waals surface area contributed by atoms with E-state index < -0.39 is 18.5 Å². The van der Waals surface area contributed by atoms with Crippen LogP contribution in [0.5, 0.6) is 5.75 Å². The molecule has 3 rings (SSSR count). The van der Waals surface area contributed by atoms with Gasteiger partial charge in [0.1, 0.15) is 17.9 Å². The highest BCUT2D eigenvalue weighted by atomic mass is 19.4. The van der Waals surface area contributed by atoms with Crippen molar-refractivity contribution in [2.45, 2.75) is 70.0 Å². The predicted octanol–water partition coefficient (Wildman–Crippen LogP) is 3.97. The first-order valence-corrected chi connectivity index (χ1v) is 11.6. The fraction of sp³-hybridized carbons (Fsp3) is 0.652. The smallest absolute Gasteiger partial charge is 0.444 e. The highest BCUT2D eigenvalue weighted by molar-refractivity contribution is 5.85. The van der Waals surface area contributed by atoms with Gasteiger partial charge < -0.3 is 30.2 Å². The van der Waals surface area contributed by atoms with Gasteiger partial charge in [0.2, 0.25) is 5.91 Å². The lowest BCUT2D eigenvalue weighted by Crippen LogP contribution is -2.51. The van der Waals surface area contributed by atoms with Gasteiger partial charge in [0.05, 0.1) is 13.2 Å². The molecular formula is C23H32F3N3O5. The van der Waals surface area contributed by atoms with E-state index in [2.05, 4.69) is 20.7 Å². The third kappa shape index (κ3) is 8.92. The van der Waals surface area contributed by atoms with Crippen molar-refractivity contribution in [3.05, 3.63) is 24.3 Å². The van der Waals surface area contributed by atoms with Crippen LogP contribution in [0.3, 0.4) is 0 Å². The highest BCUT2D eigenvalue weighted by Crippen LogP contribution is 2.29. The van der Waals surface area contributed by atoms with Gasteiger partial charge in [-0.3, -0.25) is 4.79 Å². The van der Waals surface area contributed by atoms with Crippen LogP contribution in [0.4, 0.5) is 23.7 Å². The summed E-state index contributed by atoms with van der Waals surface area (Å²) < 4.78 is 51.2. The molecule has 8 nitrogen and oxygen atoms in total. The van der Waals surface area contributed by atoms with Crippen molar-refractivity contribution < 1.29 is 37.0 Å². The number of alkyl halides is 3. The van der Waals surface area contributed by atoms with Crippen molar-refractivity contribution in [2.24, 2.45) is 5.92 Å². The molecule has 1 saturated heterocycles. The number of halogens is 3. The van der Waals surface area contributed by atoms with E-state index in [1.165, 1.54) is 24.3 Å². The Kier molecular flexibility index (Phi) is 9.26. The number of benzene rings is 1. The molecule has 1 aliphatic carbocycles. The third-order valence-electron chi connectivity index (χ3n) is 5.90. The summed E-state index contributed by atoms with van der Waals surface area (Å²) in [6.45, 7) is 3.05. The van der Waals surface area contributed by atoms with Gasteiger partial charge in [0.15, 0.2) is 0 Å². The number of hydrogen-bond donors (Lipinski definition) is 3. The van der Waals surface area contributed by atoms with Gasteiger partial charge in [0.25, 0.3) is 0 Å². The Morgan fingerprint density at radius 3 is 2.44 bits per heavy atom. The topological polar surface area (TPSA) is 97.9 Å². The zero-order chi connectivity index (χ0) is 24.6. The van der Waals surface area contributed by atoms with Crippen LogP contribution >= 0.6 is 0 Å². The average Bonchev–Trinajstić information content (AvgIpc) is 3.46. The lowest BCUT2D eigenvalue weighted by Gasteiger charge is -2.24. The highest BCUT2D eigenvalue weighted by Gasteiger charge is 2.31. The molecule has 0 bridgehead atoms. The molecule has 0 aromatic heterocycles. The normalized spacial score (nSPS) is 20.4. The predicted molar refractivity (Wildman–Crippen MR) is 118 cm³/mol. The Bertz CT molecular complexity index is 794. The zero-order valence-electron chi connectivity index (χ0n) is 19.2. The molecule has 0 radical (unpaired) electrons. The lowest BCUT2D eigenvalue weighted by atomic mass is 9.97. The molecule has 3 atom stereocenters. The van der Waals surface area contributed by atoms with Gasteiger partial charge in [-0.25, -0.2) is 4.79 Å². The zero-order valence-corrected chi connectivity index (χ0v) is 19.2. The SMILES string of the molecule is CC(CNc1ccc(OC(F)(F)F)cc1)NC(=O)[C@H](CC1CCCC1)NC(=O)O[C@@H]1CCOC1. The van der Waals surface area contributed by atoms with Crippen LogP contribution in [0.1, 0.15) is 45.4 Å². The van der Waals surface area contributed by atoms with Crippen LogP contribution in [-0.2, 0) is 14.3 Å². The van der Waals surface area contributed by atoms with Crippen LogP contribution in [0.2, 0.25) is 0 Å². The molecule has 2 amide bonds. The molecule has 1 unspecified atom stereocenters. The second-order valence-corrected chi connectivity index (χ2v) is 8.84. The van der Waals surface area contributed by atoms with Crippen molar-refractivity contribution in [3.8, 4) is 5.75 Å². The van der Waals surface area contributed by atoms with Crippen molar-refractivity contribution in [1.29, 1.82) is 0 Å². The summed E-state index contributed by atoms with van der Waals surface area (Å²) in [6, 6.07) is 4.33. The van der Waals surface area contributed by atoms with E-state index >= 15 is 0 Å². The quantitative estimate of drug-likeness (QED) is 0.462. The lowest BCUT2D eigenvalue weighted by molar-refractivity contribution is -0.274.